The zero-order chi connectivity index (χ0) is 17.2. The van der Waals surface area contributed by atoms with Gasteiger partial charge in [-0.25, -0.2) is 0 Å². The number of hydrogen-bond acceptors (Lipinski definition) is 3. The Balaban J connectivity index is 1.55. The van der Waals surface area contributed by atoms with Crippen molar-refractivity contribution in [1.82, 2.24) is 4.98 Å². The van der Waals surface area contributed by atoms with E-state index in [4.69, 9.17) is 0 Å². The van der Waals surface area contributed by atoms with Crippen LogP contribution in [0.5, 0.6) is 0 Å². The summed E-state index contributed by atoms with van der Waals surface area (Å²) >= 11 is 0. The maximum atomic E-state index is 12.8. The van der Waals surface area contributed by atoms with Gasteiger partial charge < -0.3 is 10.2 Å². The van der Waals surface area contributed by atoms with Crippen molar-refractivity contribution in [3.63, 3.8) is 0 Å². The Bertz CT molecular complexity index is 798. The molecular weight excluding hydrogens is 314 g/mol. The fourth-order valence-electron chi connectivity index (χ4n) is 3.75. The van der Waals surface area contributed by atoms with E-state index in [2.05, 4.69) is 10.3 Å². The van der Waals surface area contributed by atoms with Gasteiger partial charge in [0.1, 0.15) is 0 Å². The minimum atomic E-state index is -0.0499. The minimum Gasteiger partial charge on any atom is -0.326 e. The topological polar surface area (TPSA) is 62.3 Å². The quantitative estimate of drug-likeness (QED) is 0.935. The Hall–Kier alpha value is -2.69. The number of amides is 2. The lowest BCUT2D eigenvalue weighted by Gasteiger charge is -2.18. The van der Waals surface area contributed by atoms with Gasteiger partial charge in [-0.15, -0.1) is 0 Å². The first-order valence-electron chi connectivity index (χ1n) is 8.88. The summed E-state index contributed by atoms with van der Waals surface area (Å²) in [5.41, 5.74) is 3.37. The van der Waals surface area contributed by atoms with Crippen LogP contribution in [0.25, 0.3) is 0 Å². The van der Waals surface area contributed by atoms with Gasteiger partial charge >= 0.3 is 0 Å². The summed E-state index contributed by atoms with van der Waals surface area (Å²) in [5.74, 6) is 0.174. The van der Waals surface area contributed by atoms with Crippen molar-refractivity contribution in [3.8, 4) is 0 Å². The van der Waals surface area contributed by atoms with E-state index in [1.807, 2.05) is 18.2 Å². The number of nitrogens with zero attached hydrogens (tertiary/aromatic N) is 2. The Morgan fingerprint density at radius 1 is 1.16 bits per heavy atom. The molecule has 2 heterocycles. The molecule has 2 aromatic rings. The molecule has 25 heavy (non-hydrogen) atoms. The van der Waals surface area contributed by atoms with Gasteiger partial charge in [0.05, 0.1) is 5.56 Å². The molecule has 0 bridgehead atoms. The average Bonchev–Trinajstić information content (AvgIpc) is 3.31. The van der Waals surface area contributed by atoms with Crippen LogP contribution in [0.1, 0.15) is 41.6 Å². The molecule has 0 saturated heterocycles. The smallest absolute Gasteiger partial charge is 0.259 e. The normalized spacial score (nSPS) is 16.7. The molecule has 2 amide bonds. The van der Waals surface area contributed by atoms with Crippen molar-refractivity contribution in [2.24, 2.45) is 5.92 Å². The maximum Gasteiger partial charge on any atom is 0.259 e. The molecule has 0 radical (unpaired) electrons. The first-order valence-corrected chi connectivity index (χ1v) is 8.88. The second kappa shape index (κ2) is 6.67. The molecule has 1 fully saturated rings. The summed E-state index contributed by atoms with van der Waals surface area (Å²) in [6.07, 6.45) is 8.30. The molecule has 1 aromatic carbocycles. The summed E-state index contributed by atoms with van der Waals surface area (Å²) in [7, 11) is 0. The summed E-state index contributed by atoms with van der Waals surface area (Å²) in [6, 6.07) is 9.41. The van der Waals surface area contributed by atoms with Crippen LogP contribution in [0.2, 0.25) is 0 Å². The molecule has 5 heteroatoms. The molecule has 0 atom stereocenters. The second-order valence-corrected chi connectivity index (χ2v) is 6.76. The van der Waals surface area contributed by atoms with Crippen LogP contribution in [0, 0.1) is 5.92 Å². The summed E-state index contributed by atoms with van der Waals surface area (Å²) in [6.45, 7) is 0.656. The highest BCUT2D eigenvalue weighted by atomic mass is 16.2. The Morgan fingerprint density at radius 2 is 2.00 bits per heavy atom. The molecule has 1 aliphatic carbocycles. The van der Waals surface area contributed by atoms with Gasteiger partial charge in [0.2, 0.25) is 5.91 Å². The molecule has 2 aliphatic rings. The third-order valence-corrected chi connectivity index (χ3v) is 5.13. The highest BCUT2D eigenvalue weighted by molar-refractivity contribution is 6.07. The van der Waals surface area contributed by atoms with Crippen molar-refractivity contribution in [2.45, 2.75) is 32.1 Å². The highest BCUT2D eigenvalue weighted by Crippen LogP contribution is 2.33. The standard InChI is InChI=1S/C20H21N3O2/c24-19(15-4-1-2-5-15)22-17-8-7-14-9-11-23(18(14)12-17)20(25)16-6-3-10-21-13-16/h3,6-8,10,12-13,15H,1-2,4-5,9,11H2,(H,22,24). The predicted octanol–water partition coefficient (Wildman–Crippen LogP) is 3.41. The molecule has 0 spiro atoms. The fourth-order valence-corrected chi connectivity index (χ4v) is 3.75. The zero-order valence-electron chi connectivity index (χ0n) is 14.1. The summed E-state index contributed by atoms with van der Waals surface area (Å²) in [4.78, 5) is 30.9. The van der Waals surface area contributed by atoms with Crippen LogP contribution < -0.4 is 10.2 Å². The van der Waals surface area contributed by atoms with E-state index in [-0.39, 0.29) is 17.7 Å². The maximum absolute atomic E-state index is 12.8. The number of fused-ring (bicyclic) bond motifs is 1. The lowest BCUT2D eigenvalue weighted by molar-refractivity contribution is -0.119. The minimum absolute atomic E-state index is 0.0499. The molecule has 1 aromatic heterocycles. The number of benzene rings is 1. The number of rotatable bonds is 3. The first-order chi connectivity index (χ1) is 12.2. The molecule has 4 rings (SSSR count). The van der Waals surface area contributed by atoms with E-state index >= 15 is 0 Å². The van der Waals surface area contributed by atoms with Crippen molar-refractivity contribution >= 4 is 23.2 Å². The second-order valence-electron chi connectivity index (χ2n) is 6.76. The number of nitrogens with one attached hydrogen (secondary N) is 1. The van der Waals surface area contributed by atoms with Crippen LogP contribution in [-0.2, 0) is 11.2 Å². The van der Waals surface area contributed by atoms with E-state index in [0.717, 1.165) is 49.0 Å². The van der Waals surface area contributed by atoms with Crippen molar-refractivity contribution in [3.05, 3.63) is 53.9 Å². The van der Waals surface area contributed by atoms with E-state index < -0.39 is 0 Å². The van der Waals surface area contributed by atoms with Crippen molar-refractivity contribution in [1.29, 1.82) is 0 Å². The SMILES string of the molecule is O=C(Nc1ccc2c(c1)N(C(=O)c1cccnc1)CC2)C1CCCC1. The molecule has 5 nitrogen and oxygen atoms in total. The summed E-state index contributed by atoms with van der Waals surface area (Å²) < 4.78 is 0. The van der Waals surface area contributed by atoms with Crippen molar-refractivity contribution < 1.29 is 9.59 Å². The average molecular weight is 335 g/mol. The van der Waals surface area contributed by atoms with Crippen LogP contribution in [-0.4, -0.2) is 23.3 Å². The molecule has 1 saturated carbocycles. The lowest BCUT2D eigenvalue weighted by Crippen LogP contribution is -2.29. The predicted molar refractivity (Wildman–Crippen MR) is 96.6 cm³/mol. The largest absolute Gasteiger partial charge is 0.326 e. The molecule has 0 unspecified atom stereocenters. The fraction of sp³-hybridized carbons (Fsp3) is 0.350. The number of carbonyl (C=O) groups is 2. The van der Waals surface area contributed by atoms with Gasteiger partial charge in [0.15, 0.2) is 0 Å². The van der Waals surface area contributed by atoms with Gasteiger partial charge in [0.25, 0.3) is 5.91 Å². The molecular formula is C20H21N3O2. The van der Waals surface area contributed by atoms with Gasteiger partial charge in [-0.2, -0.15) is 0 Å². The van der Waals surface area contributed by atoms with Crippen LogP contribution in [0.3, 0.4) is 0 Å². The number of pyridine rings is 1. The Morgan fingerprint density at radius 3 is 2.76 bits per heavy atom. The molecule has 128 valence electrons. The number of hydrogen-bond donors (Lipinski definition) is 1. The number of anilines is 2. The monoisotopic (exact) mass is 335 g/mol. The van der Waals surface area contributed by atoms with Crippen LogP contribution >= 0.6 is 0 Å². The van der Waals surface area contributed by atoms with Gasteiger partial charge in [0, 0.05) is 36.2 Å². The molecule has 1 N–H and O–H groups in total. The van der Waals surface area contributed by atoms with Gasteiger partial charge in [-0.05, 0) is 49.1 Å². The summed E-state index contributed by atoms with van der Waals surface area (Å²) in [5, 5.41) is 3.02. The van der Waals surface area contributed by atoms with Crippen LogP contribution in [0.4, 0.5) is 11.4 Å². The van der Waals surface area contributed by atoms with Gasteiger partial charge in [-0.1, -0.05) is 18.9 Å². The van der Waals surface area contributed by atoms with E-state index in [1.165, 1.54) is 0 Å². The third kappa shape index (κ3) is 3.14. The number of carbonyl (C=O) groups excluding carboxylic acids is 2. The Kier molecular flexibility index (Phi) is 4.22. The zero-order valence-corrected chi connectivity index (χ0v) is 14.1. The van der Waals surface area contributed by atoms with E-state index in [9.17, 15) is 9.59 Å². The van der Waals surface area contributed by atoms with E-state index in [1.54, 1.807) is 29.4 Å². The van der Waals surface area contributed by atoms with Crippen LogP contribution in [0.15, 0.2) is 42.7 Å². The van der Waals surface area contributed by atoms with Crippen molar-refractivity contribution in [2.75, 3.05) is 16.8 Å². The molecule has 1 aliphatic heterocycles. The lowest BCUT2D eigenvalue weighted by atomic mass is 10.1. The van der Waals surface area contributed by atoms with Gasteiger partial charge in [-0.3, -0.25) is 14.6 Å². The number of aromatic nitrogens is 1. The first kappa shape index (κ1) is 15.8. The Labute approximate surface area is 147 Å². The van der Waals surface area contributed by atoms with E-state index in [0.29, 0.717) is 12.1 Å². The third-order valence-electron chi connectivity index (χ3n) is 5.13. The highest BCUT2D eigenvalue weighted by Gasteiger charge is 2.27.